The van der Waals surface area contributed by atoms with E-state index in [0.29, 0.717) is 19.3 Å². The van der Waals surface area contributed by atoms with Crippen LogP contribution < -0.4 is 0 Å². The van der Waals surface area contributed by atoms with Gasteiger partial charge in [-0.3, -0.25) is 14.4 Å². The van der Waals surface area contributed by atoms with Crippen LogP contribution >= 0.6 is 0 Å². The van der Waals surface area contributed by atoms with Crippen LogP contribution in [-0.4, -0.2) is 37.2 Å². The van der Waals surface area contributed by atoms with Crippen LogP contribution in [0.25, 0.3) is 0 Å². The first-order valence-electron chi connectivity index (χ1n) is 26.1. The molecule has 0 radical (unpaired) electrons. The minimum atomic E-state index is -0.780. The van der Waals surface area contributed by atoms with Crippen LogP contribution in [0.2, 0.25) is 0 Å². The summed E-state index contributed by atoms with van der Waals surface area (Å²) in [6.45, 7) is 6.57. The van der Waals surface area contributed by atoms with Crippen molar-refractivity contribution in [3.8, 4) is 0 Å². The first-order chi connectivity index (χ1) is 30.0. The van der Waals surface area contributed by atoms with Gasteiger partial charge in [0.05, 0.1) is 0 Å². The number of hydrogen-bond donors (Lipinski definition) is 0. The molecule has 0 aliphatic heterocycles. The van der Waals surface area contributed by atoms with Crippen molar-refractivity contribution in [2.24, 2.45) is 0 Å². The molecule has 0 fully saturated rings. The molecule has 1 atom stereocenters. The highest BCUT2D eigenvalue weighted by Crippen LogP contribution is 2.15. The lowest BCUT2D eigenvalue weighted by molar-refractivity contribution is -0.167. The van der Waals surface area contributed by atoms with Crippen LogP contribution in [0, 0.1) is 0 Å². The minimum absolute atomic E-state index is 0.0793. The molecule has 0 aliphatic rings. The fourth-order valence-electron chi connectivity index (χ4n) is 7.33. The molecule has 0 spiro atoms. The molecule has 0 N–H and O–H groups in total. The van der Waals surface area contributed by atoms with E-state index in [1.807, 2.05) is 0 Å². The van der Waals surface area contributed by atoms with Gasteiger partial charge >= 0.3 is 17.9 Å². The second kappa shape index (κ2) is 50.0. The Hall–Kier alpha value is -2.63. The summed E-state index contributed by atoms with van der Waals surface area (Å²) in [6.07, 6.45) is 59.4. The van der Waals surface area contributed by atoms with Crippen molar-refractivity contribution in [1.29, 1.82) is 0 Å². The largest absolute Gasteiger partial charge is 0.462 e. The molecule has 0 heterocycles. The maximum atomic E-state index is 12.8. The Morgan fingerprint density at radius 1 is 0.328 bits per heavy atom. The van der Waals surface area contributed by atoms with E-state index in [0.717, 1.165) is 96.3 Å². The van der Waals surface area contributed by atoms with Crippen LogP contribution in [0.3, 0.4) is 0 Å². The summed E-state index contributed by atoms with van der Waals surface area (Å²) in [4.78, 5) is 37.9. The van der Waals surface area contributed by atoms with Gasteiger partial charge in [-0.25, -0.2) is 0 Å². The second-order valence-corrected chi connectivity index (χ2v) is 17.4. The molecule has 354 valence electrons. The lowest BCUT2D eigenvalue weighted by Gasteiger charge is -2.18. The van der Waals surface area contributed by atoms with Gasteiger partial charge < -0.3 is 14.2 Å². The van der Waals surface area contributed by atoms with Crippen LogP contribution in [0.15, 0.2) is 48.6 Å². The molecular formula is C55H98O6. The molecule has 0 saturated carbocycles. The maximum absolute atomic E-state index is 12.8. The Labute approximate surface area is 378 Å². The third-order valence-corrected chi connectivity index (χ3v) is 11.3. The molecule has 0 saturated heterocycles. The molecule has 0 aliphatic carbocycles. The van der Waals surface area contributed by atoms with Gasteiger partial charge in [0.2, 0.25) is 0 Å². The highest BCUT2D eigenvalue weighted by Gasteiger charge is 2.19. The Balaban J connectivity index is 4.38. The molecule has 0 aromatic carbocycles. The Kier molecular flexibility index (Phi) is 47.9. The molecule has 0 bridgehead atoms. The third-order valence-electron chi connectivity index (χ3n) is 11.3. The Bertz CT molecular complexity index is 1070. The predicted octanol–water partition coefficient (Wildman–Crippen LogP) is 17.1. The van der Waals surface area contributed by atoms with Gasteiger partial charge in [-0.05, 0) is 83.5 Å². The van der Waals surface area contributed by atoms with E-state index in [4.69, 9.17) is 14.2 Å². The summed E-state index contributed by atoms with van der Waals surface area (Å²) in [5.74, 6) is -0.895. The molecule has 61 heavy (non-hydrogen) atoms. The van der Waals surface area contributed by atoms with Gasteiger partial charge in [-0.2, -0.15) is 0 Å². The average Bonchev–Trinajstić information content (AvgIpc) is 3.26. The molecule has 0 aromatic rings. The standard InChI is InChI=1S/C55H98O6/c1-4-7-10-13-16-19-22-24-26-27-29-30-33-36-39-42-45-48-54(57)60-51-52(50-59-53(56)47-44-41-38-35-32-21-18-15-12-9-6-3)61-55(58)49-46-43-40-37-34-31-28-25-23-20-17-14-11-8-5-2/h16-17,19-20,24-26,28,52H,4-15,18,21-23,27,29-51H2,1-3H3/b19-16-,20-17-,26-24-,28-25-. The molecule has 0 amide bonds. The van der Waals surface area contributed by atoms with Crippen molar-refractivity contribution in [3.05, 3.63) is 48.6 Å². The van der Waals surface area contributed by atoms with Crippen LogP contribution in [0.4, 0.5) is 0 Å². The molecule has 1 unspecified atom stereocenters. The molecule has 0 rings (SSSR count). The smallest absolute Gasteiger partial charge is 0.306 e. The monoisotopic (exact) mass is 855 g/mol. The van der Waals surface area contributed by atoms with Crippen molar-refractivity contribution in [3.63, 3.8) is 0 Å². The van der Waals surface area contributed by atoms with Crippen LogP contribution in [0.5, 0.6) is 0 Å². The van der Waals surface area contributed by atoms with Crippen molar-refractivity contribution in [2.75, 3.05) is 13.2 Å². The number of carbonyl (C=O) groups excluding carboxylic acids is 3. The SMILES string of the molecule is CCCCC/C=C\C/C=C\CCCCCCCCCC(=O)OCC(COC(=O)CCCCCCCCCCCCC)OC(=O)CCCCCCC/C=C\C/C=C\CCCCC. The summed E-state index contributed by atoms with van der Waals surface area (Å²) >= 11 is 0. The van der Waals surface area contributed by atoms with Crippen molar-refractivity contribution in [2.45, 2.75) is 271 Å². The highest BCUT2D eigenvalue weighted by molar-refractivity contribution is 5.71. The summed E-state index contributed by atoms with van der Waals surface area (Å²) in [6, 6.07) is 0. The van der Waals surface area contributed by atoms with Gasteiger partial charge in [0.1, 0.15) is 13.2 Å². The molecule has 6 nitrogen and oxygen atoms in total. The molecule has 6 heteroatoms. The van der Waals surface area contributed by atoms with Gasteiger partial charge in [-0.1, -0.05) is 211 Å². The van der Waals surface area contributed by atoms with E-state index in [-0.39, 0.29) is 31.1 Å². The van der Waals surface area contributed by atoms with E-state index >= 15 is 0 Å². The summed E-state index contributed by atoms with van der Waals surface area (Å²) in [5.41, 5.74) is 0. The van der Waals surface area contributed by atoms with E-state index < -0.39 is 6.10 Å². The Morgan fingerprint density at radius 2 is 0.590 bits per heavy atom. The van der Waals surface area contributed by atoms with Crippen molar-refractivity contribution in [1.82, 2.24) is 0 Å². The maximum Gasteiger partial charge on any atom is 0.306 e. The average molecular weight is 855 g/mol. The number of rotatable bonds is 47. The number of unbranched alkanes of at least 4 members (excludes halogenated alkanes) is 28. The topological polar surface area (TPSA) is 78.9 Å². The van der Waals surface area contributed by atoms with Gasteiger partial charge in [0.25, 0.3) is 0 Å². The minimum Gasteiger partial charge on any atom is -0.462 e. The summed E-state index contributed by atoms with van der Waals surface area (Å²) in [5, 5.41) is 0. The normalized spacial score (nSPS) is 12.4. The molecule has 0 aromatic heterocycles. The first kappa shape index (κ1) is 58.4. The highest BCUT2D eigenvalue weighted by atomic mass is 16.6. The van der Waals surface area contributed by atoms with E-state index in [1.54, 1.807) is 0 Å². The summed E-state index contributed by atoms with van der Waals surface area (Å²) in [7, 11) is 0. The van der Waals surface area contributed by atoms with Crippen LogP contribution in [-0.2, 0) is 28.6 Å². The van der Waals surface area contributed by atoms with E-state index in [9.17, 15) is 14.4 Å². The Morgan fingerprint density at radius 3 is 0.934 bits per heavy atom. The first-order valence-corrected chi connectivity index (χ1v) is 26.1. The van der Waals surface area contributed by atoms with E-state index in [1.165, 1.54) is 128 Å². The van der Waals surface area contributed by atoms with Gasteiger partial charge in [-0.15, -0.1) is 0 Å². The number of ether oxygens (including phenoxy) is 3. The number of esters is 3. The van der Waals surface area contributed by atoms with Crippen LogP contribution in [0.1, 0.15) is 265 Å². The fourth-order valence-corrected chi connectivity index (χ4v) is 7.33. The number of carbonyl (C=O) groups is 3. The predicted molar refractivity (Wildman–Crippen MR) is 261 cm³/mol. The summed E-state index contributed by atoms with van der Waals surface area (Å²) < 4.78 is 16.8. The lowest BCUT2D eigenvalue weighted by atomic mass is 10.1. The molecular weight excluding hydrogens is 757 g/mol. The quantitative estimate of drug-likeness (QED) is 0.0263. The third kappa shape index (κ3) is 48.3. The van der Waals surface area contributed by atoms with Gasteiger partial charge in [0, 0.05) is 19.3 Å². The fraction of sp³-hybridized carbons (Fsp3) is 0.800. The zero-order valence-electron chi connectivity index (χ0n) is 40.4. The zero-order chi connectivity index (χ0) is 44.4. The number of hydrogen-bond acceptors (Lipinski definition) is 6. The lowest BCUT2D eigenvalue weighted by Crippen LogP contribution is -2.30. The number of allylic oxidation sites excluding steroid dienone is 8. The van der Waals surface area contributed by atoms with Crippen molar-refractivity contribution < 1.29 is 28.6 Å². The van der Waals surface area contributed by atoms with Crippen molar-refractivity contribution >= 4 is 17.9 Å². The second-order valence-electron chi connectivity index (χ2n) is 17.4. The zero-order valence-corrected chi connectivity index (χ0v) is 40.4. The van der Waals surface area contributed by atoms with Gasteiger partial charge in [0.15, 0.2) is 6.10 Å². The van der Waals surface area contributed by atoms with E-state index in [2.05, 4.69) is 69.4 Å².